The van der Waals surface area contributed by atoms with Crippen LogP contribution in [0.3, 0.4) is 0 Å². The summed E-state index contributed by atoms with van der Waals surface area (Å²) in [6, 6.07) is 5.29. The van der Waals surface area contributed by atoms with Crippen LogP contribution in [0.5, 0.6) is 0 Å². The van der Waals surface area contributed by atoms with Gasteiger partial charge in [0.05, 0.1) is 10.9 Å². The van der Waals surface area contributed by atoms with Gasteiger partial charge >= 0.3 is 0 Å². The van der Waals surface area contributed by atoms with Gasteiger partial charge in [0.1, 0.15) is 11.9 Å². The number of benzene rings is 1. The van der Waals surface area contributed by atoms with Crippen molar-refractivity contribution in [1.82, 2.24) is 14.9 Å². The average molecular weight is 477 g/mol. The first-order valence-electron chi connectivity index (χ1n) is 13.9. The highest BCUT2D eigenvalue weighted by atomic mass is 16.2. The third kappa shape index (κ3) is 6.62. The van der Waals surface area contributed by atoms with Gasteiger partial charge in [0.25, 0.3) is 5.56 Å². The maximum absolute atomic E-state index is 13.8. The molecular weight excluding hydrogens is 437 g/mol. The molecule has 6 nitrogen and oxygen atoms in total. The van der Waals surface area contributed by atoms with E-state index < -0.39 is 11.9 Å². The van der Waals surface area contributed by atoms with E-state index in [-0.39, 0.29) is 17.9 Å². The van der Waals surface area contributed by atoms with Crippen LogP contribution in [0.15, 0.2) is 23.0 Å². The van der Waals surface area contributed by atoms with Gasteiger partial charge in [0, 0.05) is 6.42 Å². The fraction of sp³-hybridized carbons (Fsp3) is 0.643. The Morgan fingerprint density at radius 2 is 1.46 bits per heavy atom. The van der Waals surface area contributed by atoms with Crippen LogP contribution in [0.1, 0.15) is 108 Å². The SMILES string of the molecule is Cc1nc2cccc(BC3CCCCCCCCCCCCC3)c2c(=O)n1[C@@H]1CCC(=O)NC1=O. The molecule has 35 heavy (non-hydrogen) atoms. The molecule has 4 rings (SSSR count). The van der Waals surface area contributed by atoms with Crippen molar-refractivity contribution in [2.45, 2.75) is 115 Å². The van der Waals surface area contributed by atoms with Crippen molar-refractivity contribution in [1.29, 1.82) is 0 Å². The number of hydrogen-bond acceptors (Lipinski definition) is 4. The van der Waals surface area contributed by atoms with E-state index in [1.165, 1.54) is 88.0 Å². The van der Waals surface area contributed by atoms with Gasteiger partial charge in [-0.1, -0.05) is 107 Å². The Morgan fingerprint density at radius 3 is 2.06 bits per heavy atom. The highest BCUT2D eigenvalue weighted by molar-refractivity contribution is 6.58. The molecule has 1 N–H and O–H groups in total. The van der Waals surface area contributed by atoms with Gasteiger partial charge in [-0.15, -0.1) is 0 Å². The van der Waals surface area contributed by atoms with Crippen LogP contribution in [0.2, 0.25) is 5.82 Å². The summed E-state index contributed by atoms with van der Waals surface area (Å²) in [5.74, 6) is 0.400. The molecule has 0 bridgehead atoms. The lowest BCUT2D eigenvalue weighted by Gasteiger charge is -2.25. The van der Waals surface area contributed by atoms with Gasteiger partial charge < -0.3 is 0 Å². The number of imide groups is 1. The van der Waals surface area contributed by atoms with Crippen molar-refractivity contribution in [3.8, 4) is 0 Å². The number of aryl methyl sites for hydroxylation is 1. The van der Waals surface area contributed by atoms with Gasteiger partial charge in [-0.2, -0.15) is 0 Å². The molecule has 1 aromatic carbocycles. The molecule has 1 atom stereocenters. The highest BCUT2D eigenvalue weighted by Gasteiger charge is 2.31. The number of carbonyl (C=O) groups is 2. The molecule has 7 heteroatoms. The molecule has 188 valence electrons. The van der Waals surface area contributed by atoms with E-state index in [0.29, 0.717) is 29.0 Å². The smallest absolute Gasteiger partial charge is 0.261 e. The summed E-state index contributed by atoms with van der Waals surface area (Å²) >= 11 is 0. The zero-order valence-corrected chi connectivity index (χ0v) is 21.3. The molecule has 0 radical (unpaired) electrons. The number of rotatable bonds is 3. The van der Waals surface area contributed by atoms with Crippen molar-refractivity contribution in [3.05, 3.63) is 34.4 Å². The van der Waals surface area contributed by atoms with Gasteiger partial charge in [0.15, 0.2) is 7.28 Å². The minimum absolute atomic E-state index is 0.154. The minimum atomic E-state index is -0.681. The van der Waals surface area contributed by atoms with Crippen molar-refractivity contribution in [3.63, 3.8) is 0 Å². The first-order valence-corrected chi connectivity index (χ1v) is 13.9. The highest BCUT2D eigenvalue weighted by Crippen LogP contribution is 2.25. The quantitative estimate of drug-likeness (QED) is 0.517. The zero-order chi connectivity index (χ0) is 24.6. The number of fused-ring (bicyclic) bond motifs is 1. The largest absolute Gasteiger partial charge is 0.295 e. The van der Waals surface area contributed by atoms with Crippen LogP contribution in [0.25, 0.3) is 10.9 Å². The predicted molar refractivity (Wildman–Crippen MR) is 143 cm³/mol. The van der Waals surface area contributed by atoms with Gasteiger partial charge in [-0.3, -0.25) is 24.3 Å². The third-order valence-corrected chi connectivity index (χ3v) is 7.95. The maximum Gasteiger partial charge on any atom is 0.261 e. The summed E-state index contributed by atoms with van der Waals surface area (Å²) in [7, 11) is 0.882. The summed E-state index contributed by atoms with van der Waals surface area (Å²) in [6.07, 6.45) is 17.6. The number of nitrogens with one attached hydrogen (secondary N) is 1. The molecule has 1 aromatic heterocycles. The molecule has 2 fully saturated rings. The zero-order valence-electron chi connectivity index (χ0n) is 21.3. The fourth-order valence-electron chi connectivity index (χ4n) is 6.00. The van der Waals surface area contributed by atoms with E-state index in [4.69, 9.17) is 4.98 Å². The van der Waals surface area contributed by atoms with Gasteiger partial charge in [-0.05, 0) is 19.4 Å². The number of piperidine rings is 1. The van der Waals surface area contributed by atoms with Crippen LogP contribution in [0.4, 0.5) is 0 Å². The number of amides is 2. The van der Waals surface area contributed by atoms with E-state index in [2.05, 4.69) is 11.4 Å². The standard InChI is InChI=1S/C28H40BN3O3/c1-20-30-23-17-13-16-22(26(23)28(35)32(20)24-18-19-25(33)31-27(24)34)29-21-14-11-9-7-5-3-2-4-6-8-10-12-15-21/h13,16-17,21,24,29H,2-12,14-15,18-19H2,1H3,(H,31,33,34)/t24-/m1/s1. The number of carbonyl (C=O) groups excluding carboxylic acids is 2. The summed E-state index contributed by atoms with van der Waals surface area (Å²) in [5, 5.41) is 3.03. The third-order valence-electron chi connectivity index (χ3n) is 7.95. The second-order valence-corrected chi connectivity index (χ2v) is 10.6. The Kier molecular flexibility index (Phi) is 9.16. The molecule has 1 saturated carbocycles. The normalized spacial score (nSPS) is 21.9. The molecule has 1 saturated heterocycles. The number of nitrogens with zero attached hydrogens (tertiary/aromatic N) is 2. The molecule has 2 aromatic rings. The lowest BCUT2D eigenvalue weighted by atomic mass is 9.55. The Morgan fingerprint density at radius 1 is 0.857 bits per heavy atom. The van der Waals surface area contributed by atoms with Crippen molar-refractivity contribution < 1.29 is 9.59 Å². The monoisotopic (exact) mass is 477 g/mol. The first kappa shape index (κ1) is 25.7. The summed E-state index contributed by atoms with van der Waals surface area (Å²) in [6.45, 7) is 1.77. The average Bonchev–Trinajstić information content (AvgIpc) is 2.82. The van der Waals surface area contributed by atoms with Crippen molar-refractivity contribution in [2.24, 2.45) is 0 Å². The van der Waals surface area contributed by atoms with Crippen LogP contribution in [-0.2, 0) is 9.59 Å². The number of aromatic nitrogens is 2. The van der Waals surface area contributed by atoms with Crippen molar-refractivity contribution >= 4 is 35.5 Å². The molecular formula is C28H40BN3O3. The van der Waals surface area contributed by atoms with Crippen molar-refractivity contribution in [2.75, 3.05) is 0 Å². The van der Waals surface area contributed by atoms with Crippen LogP contribution < -0.4 is 16.3 Å². The lowest BCUT2D eigenvalue weighted by molar-refractivity contribution is -0.135. The van der Waals surface area contributed by atoms with Gasteiger partial charge in [-0.25, -0.2) is 4.98 Å². The van der Waals surface area contributed by atoms with E-state index in [1.54, 1.807) is 6.92 Å². The van der Waals surface area contributed by atoms with E-state index in [9.17, 15) is 14.4 Å². The summed E-state index contributed by atoms with van der Waals surface area (Å²) < 4.78 is 1.51. The molecule has 0 spiro atoms. The molecule has 2 heterocycles. The van der Waals surface area contributed by atoms with E-state index in [1.807, 2.05) is 12.1 Å². The molecule has 2 amide bonds. The van der Waals surface area contributed by atoms with Crippen LogP contribution in [-0.4, -0.2) is 28.6 Å². The molecule has 1 aliphatic carbocycles. The van der Waals surface area contributed by atoms with E-state index in [0.717, 1.165) is 12.7 Å². The van der Waals surface area contributed by atoms with Crippen LogP contribution >= 0.6 is 0 Å². The molecule has 0 unspecified atom stereocenters. The Labute approximate surface area is 209 Å². The minimum Gasteiger partial charge on any atom is -0.295 e. The second-order valence-electron chi connectivity index (χ2n) is 10.6. The Balaban J connectivity index is 1.59. The van der Waals surface area contributed by atoms with E-state index >= 15 is 0 Å². The lowest BCUT2D eigenvalue weighted by Crippen LogP contribution is -2.45. The summed E-state index contributed by atoms with van der Waals surface area (Å²) in [5.41, 5.74) is 1.60. The summed E-state index contributed by atoms with van der Waals surface area (Å²) in [4.78, 5) is 42.7. The van der Waals surface area contributed by atoms with Crippen LogP contribution in [0, 0.1) is 6.92 Å². The fourth-order valence-corrected chi connectivity index (χ4v) is 6.00. The predicted octanol–water partition coefficient (Wildman–Crippen LogP) is 4.62. The van der Waals surface area contributed by atoms with Gasteiger partial charge in [0.2, 0.25) is 11.8 Å². The Bertz CT molecular complexity index is 1080. The molecule has 1 aliphatic heterocycles. The molecule has 2 aliphatic rings. The first-order chi connectivity index (χ1) is 17.0. The Hall–Kier alpha value is -2.44. The second kappa shape index (κ2) is 12.5. The topological polar surface area (TPSA) is 81.1 Å². The number of hydrogen-bond donors (Lipinski definition) is 1. The maximum atomic E-state index is 13.8.